The maximum Gasteiger partial charge on any atom is 0.221 e. The molecule has 0 aliphatic heterocycles. The Morgan fingerprint density at radius 3 is 0.672 bits per heavy atom. The van der Waals surface area contributed by atoms with Crippen molar-refractivity contribution in [2.45, 2.75) is 64.2 Å². The Balaban J connectivity index is 6.08. The van der Waals surface area contributed by atoms with Crippen molar-refractivity contribution >= 4 is 29.5 Å². The number of nitrogens with one attached hydrogen (secondary N) is 5. The molecule has 0 heterocycles. The van der Waals surface area contributed by atoms with Crippen LogP contribution >= 0.6 is 0 Å². The summed E-state index contributed by atoms with van der Waals surface area (Å²) in [4.78, 5) is 71.8. The number of rotatable bonds is 41. The highest BCUT2D eigenvalue weighted by atomic mass is 16.2. The minimum Gasteiger partial charge on any atom is -0.462 e. The van der Waals surface area contributed by atoms with Crippen molar-refractivity contribution in [2.24, 2.45) is 0 Å². The molecule has 5 N–H and O–H groups in total. The lowest BCUT2D eigenvalue weighted by Gasteiger charge is -2.32. The number of hydrogen-bond acceptors (Lipinski definition) is 8. The standard InChI is InChI=1S/C49H103N13O5/c1-58(2,3)40-16-26-50-45(63)21-31-55(32-22-46(64)51-27-17-41-59(4,5)6)36-38-57(35-25-49(67)54-30-20-44-62(13,14)15)39-37-56(33-23-47(65)52-28-18-42-60(7,8)9)34-24-48(66)53-29-19-43-61(10,11)12/h1,4,16-44H2,2-3,5-15H3,(H2-3,50,51,52,53,54,63,64,65,66,67)/p+3. The van der Waals surface area contributed by atoms with E-state index >= 15 is 0 Å². The minimum absolute atomic E-state index is 0.000546. The number of hydrogen-bond donors (Lipinski definition) is 5. The molecule has 0 aromatic heterocycles. The Labute approximate surface area is 410 Å². The zero-order valence-corrected chi connectivity index (χ0v) is 45.5. The van der Waals surface area contributed by atoms with Gasteiger partial charge >= 0.3 is 0 Å². The molecule has 0 saturated carbocycles. The SMILES string of the molecule is [CH2-][N+](C)(C)CCCNC(=O)CCN(CCC(=O)NCCC[N+]([CH2-])(C)C)CCN(CCC(=O)NCCC[N+](C)(C)C)CCN(CCC(=O)NCCC[N+](C)(C)C)CCC(=O)NCCC[N+](C)(C)C. The number of carbonyl (C=O) groups is 5. The van der Waals surface area contributed by atoms with Crippen molar-refractivity contribution in [3.05, 3.63) is 14.1 Å². The molecule has 67 heavy (non-hydrogen) atoms. The average Bonchev–Trinajstić information content (AvgIpc) is 3.19. The van der Waals surface area contributed by atoms with Crippen LogP contribution in [0.2, 0.25) is 0 Å². The Hall–Kier alpha value is -2.97. The van der Waals surface area contributed by atoms with Gasteiger partial charge in [-0.1, -0.05) is 0 Å². The molecule has 0 aliphatic carbocycles. The van der Waals surface area contributed by atoms with E-state index in [0.29, 0.717) is 133 Å². The van der Waals surface area contributed by atoms with Gasteiger partial charge in [0.1, 0.15) is 0 Å². The normalized spacial score (nSPS) is 12.7. The first-order valence-electron chi connectivity index (χ1n) is 25.2. The van der Waals surface area contributed by atoms with Crippen molar-refractivity contribution in [3.63, 3.8) is 0 Å². The molecular weight excluding hydrogens is 851 g/mol. The highest BCUT2D eigenvalue weighted by molar-refractivity contribution is 5.77. The molecule has 18 heteroatoms. The van der Waals surface area contributed by atoms with Crippen molar-refractivity contribution in [1.82, 2.24) is 41.3 Å². The maximum absolute atomic E-state index is 13.2. The third kappa shape index (κ3) is 45.2. The lowest BCUT2D eigenvalue weighted by molar-refractivity contribution is -0.870. The van der Waals surface area contributed by atoms with E-state index in [9.17, 15) is 24.0 Å². The van der Waals surface area contributed by atoms with E-state index in [1.54, 1.807) is 0 Å². The van der Waals surface area contributed by atoms with E-state index in [-0.39, 0.29) is 29.5 Å². The molecule has 5 amide bonds. The van der Waals surface area contributed by atoms with Gasteiger partial charge in [-0.3, -0.25) is 24.0 Å². The van der Waals surface area contributed by atoms with Gasteiger partial charge in [-0.2, -0.15) is 0 Å². The second kappa shape index (κ2) is 33.5. The van der Waals surface area contributed by atoms with Crippen LogP contribution < -0.4 is 26.6 Å². The molecule has 0 aromatic carbocycles. The summed E-state index contributed by atoms with van der Waals surface area (Å²) in [7, 11) is 35.6. The van der Waals surface area contributed by atoms with Crippen LogP contribution in [-0.2, 0) is 24.0 Å². The van der Waals surface area contributed by atoms with Crippen LogP contribution in [0.5, 0.6) is 0 Å². The fourth-order valence-electron chi connectivity index (χ4n) is 7.13. The molecule has 0 bridgehead atoms. The summed E-state index contributed by atoms with van der Waals surface area (Å²) in [5.41, 5.74) is 0. The summed E-state index contributed by atoms with van der Waals surface area (Å²) in [6.07, 6.45) is 5.90. The molecule has 394 valence electrons. The Morgan fingerprint density at radius 2 is 0.493 bits per heavy atom. The first-order valence-corrected chi connectivity index (χ1v) is 25.2. The first-order chi connectivity index (χ1) is 30.9. The third-order valence-corrected chi connectivity index (χ3v) is 11.2. The van der Waals surface area contributed by atoms with Crippen molar-refractivity contribution in [3.8, 4) is 0 Å². The zero-order chi connectivity index (χ0) is 51.2. The number of nitrogens with zero attached hydrogens (tertiary/aromatic N) is 8. The topological polar surface area (TPSA) is 155 Å². The van der Waals surface area contributed by atoms with Gasteiger partial charge in [-0.15, -0.1) is 14.1 Å². The highest BCUT2D eigenvalue weighted by Crippen LogP contribution is 2.04. The molecule has 0 atom stereocenters. The molecular formula is C49H106N13O5+3. The Bertz CT molecular complexity index is 1220. The van der Waals surface area contributed by atoms with Crippen LogP contribution in [0.3, 0.4) is 0 Å². The van der Waals surface area contributed by atoms with E-state index in [4.69, 9.17) is 0 Å². The van der Waals surface area contributed by atoms with E-state index in [2.05, 4.69) is 119 Å². The average molecular weight is 957 g/mol. The number of carbonyl (C=O) groups excluding carboxylic acids is 5. The van der Waals surface area contributed by atoms with Gasteiger partial charge in [0.2, 0.25) is 29.5 Å². The van der Waals surface area contributed by atoms with E-state index in [0.717, 1.165) is 78.3 Å². The van der Waals surface area contributed by atoms with Crippen LogP contribution in [0.25, 0.3) is 0 Å². The second-order valence-electron chi connectivity index (χ2n) is 23.2. The minimum atomic E-state index is -0.0259. The fraction of sp³-hybridized carbons (Fsp3) is 0.857. The molecule has 0 aliphatic rings. The van der Waals surface area contributed by atoms with Gasteiger partial charge in [-0.25, -0.2) is 0 Å². The van der Waals surface area contributed by atoms with Crippen molar-refractivity contribution in [1.29, 1.82) is 0 Å². The summed E-state index contributed by atoms with van der Waals surface area (Å²) in [6, 6.07) is 0. The lowest BCUT2D eigenvalue weighted by Crippen LogP contribution is -2.44. The fourth-order valence-corrected chi connectivity index (χ4v) is 7.13. The summed E-state index contributed by atoms with van der Waals surface area (Å²) >= 11 is 0. The van der Waals surface area contributed by atoms with Crippen LogP contribution in [0, 0.1) is 14.1 Å². The molecule has 0 saturated heterocycles. The largest absolute Gasteiger partial charge is 0.462 e. The predicted molar refractivity (Wildman–Crippen MR) is 274 cm³/mol. The Morgan fingerprint density at radius 1 is 0.313 bits per heavy atom. The smallest absolute Gasteiger partial charge is 0.221 e. The van der Waals surface area contributed by atoms with Crippen LogP contribution in [0.15, 0.2) is 0 Å². The van der Waals surface area contributed by atoms with Crippen LogP contribution in [0.4, 0.5) is 0 Å². The maximum atomic E-state index is 13.2. The van der Waals surface area contributed by atoms with E-state index in [1.807, 2.05) is 28.2 Å². The number of amides is 5. The molecule has 18 nitrogen and oxygen atoms in total. The van der Waals surface area contributed by atoms with Crippen molar-refractivity contribution in [2.75, 3.05) is 216 Å². The predicted octanol–water partition coefficient (Wildman–Crippen LogP) is 0.229. The number of quaternary nitrogens is 5. The molecule has 0 spiro atoms. The molecule has 0 rings (SSSR count). The molecule has 0 radical (unpaired) electrons. The highest BCUT2D eigenvalue weighted by Gasteiger charge is 2.18. The van der Waals surface area contributed by atoms with Crippen molar-refractivity contribution < 1.29 is 46.4 Å². The summed E-state index contributed by atoms with van der Waals surface area (Å²) < 4.78 is 3.68. The van der Waals surface area contributed by atoms with Gasteiger partial charge in [0.15, 0.2) is 0 Å². The van der Waals surface area contributed by atoms with Gasteiger partial charge in [0.25, 0.3) is 0 Å². The van der Waals surface area contributed by atoms with E-state index < -0.39 is 0 Å². The van der Waals surface area contributed by atoms with Gasteiger partial charge in [0.05, 0.1) is 96.2 Å². The summed E-state index contributed by atoms with van der Waals surface area (Å²) in [5, 5.41) is 15.4. The monoisotopic (exact) mass is 957 g/mol. The molecule has 0 aromatic rings. The summed E-state index contributed by atoms with van der Waals surface area (Å²) in [5.74, 6) is -0.0628. The Kier molecular flexibility index (Phi) is 32.1. The third-order valence-electron chi connectivity index (χ3n) is 11.2. The van der Waals surface area contributed by atoms with Gasteiger partial charge in [-0.05, 0) is 0 Å². The van der Waals surface area contributed by atoms with Gasteiger partial charge < -0.3 is 63.7 Å². The molecule has 0 unspecified atom stereocenters. The quantitative estimate of drug-likeness (QED) is 0.0332. The summed E-state index contributed by atoms with van der Waals surface area (Å²) in [6.45, 7) is 12.5. The van der Waals surface area contributed by atoms with E-state index in [1.165, 1.54) is 0 Å². The second-order valence-corrected chi connectivity index (χ2v) is 23.2. The lowest BCUT2D eigenvalue weighted by atomic mass is 10.2. The van der Waals surface area contributed by atoms with Crippen LogP contribution in [-0.4, -0.2) is 283 Å². The molecule has 0 fully saturated rings. The van der Waals surface area contributed by atoms with Gasteiger partial charge in [0, 0.05) is 184 Å². The van der Waals surface area contributed by atoms with Crippen LogP contribution in [0.1, 0.15) is 64.2 Å². The zero-order valence-electron chi connectivity index (χ0n) is 45.5. The first kappa shape index (κ1) is 64.0.